The normalized spacial score (nSPS) is 18.4. The molecule has 29 heavy (non-hydrogen) atoms. The van der Waals surface area contributed by atoms with Crippen LogP contribution < -0.4 is 9.64 Å². The molecule has 0 spiro atoms. The maximum Gasteiger partial charge on any atom is 0.129 e. The van der Waals surface area contributed by atoms with Crippen molar-refractivity contribution in [2.75, 3.05) is 37.6 Å². The molecule has 3 aromatic carbocycles. The molecule has 0 aromatic heterocycles. The van der Waals surface area contributed by atoms with E-state index in [0.717, 1.165) is 37.7 Å². The highest BCUT2D eigenvalue weighted by Gasteiger charge is 2.45. The van der Waals surface area contributed by atoms with Crippen molar-refractivity contribution in [2.45, 2.75) is 18.3 Å². The lowest BCUT2D eigenvalue weighted by Crippen LogP contribution is -2.48. The van der Waals surface area contributed by atoms with Gasteiger partial charge >= 0.3 is 0 Å². The summed E-state index contributed by atoms with van der Waals surface area (Å²) in [5, 5.41) is 0. The van der Waals surface area contributed by atoms with Gasteiger partial charge in [-0.2, -0.15) is 0 Å². The van der Waals surface area contributed by atoms with Crippen LogP contribution in [0.15, 0.2) is 84.9 Å². The van der Waals surface area contributed by atoms with Crippen LogP contribution in [0.4, 0.5) is 5.69 Å². The van der Waals surface area contributed by atoms with Crippen molar-refractivity contribution >= 4 is 5.69 Å². The second-order valence-corrected chi connectivity index (χ2v) is 8.32. The second-order valence-electron chi connectivity index (χ2n) is 8.32. The molecule has 2 aliphatic rings. The highest BCUT2D eigenvalue weighted by molar-refractivity contribution is 5.52. The van der Waals surface area contributed by atoms with Crippen LogP contribution in [-0.2, 0) is 5.41 Å². The molecule has 3 nitrogen and oxygen atoms in total. The third kappa shape index (κ3) is 4.15. The maximum atomic E-state index is 6.02. The topological polar surface area (TPSA) is 15.7 Å². The first-order valence-corrected chi connectivity index (χ1v) is 10.7. The van der Waals surface area contributed by atoms with Gasteiger partial charge in [0.25, 0.3) is 0 Å². The number of rotatable bonds is 6. The van der Waals surface area contributed by atoms with Crippen LogP contribution in [0.5, 0.6) is 11.5 Å². The molecule has 1 saturated heterocycles. The molecule has 1 saturated carbocycles. The third-order valence-corrected chi connectivity index (χ3v) is 6.30. The molecule has 0 unspecified atom stereocenters. The van der Waals surface area contributed by atoms with Gasteiger partial charge in [0.2, 0.25) is 0 Å². The van der Waals surface area contributed by atoms with Crippen LogP contribution in [0, 0.1) is 0 Å². The number of benzene rings is 3. The third-order valence-electron chi connectivity index (χ3n) is 6.30. The maximum absolute atomic E-state index is 6.02. The minimum Gasteiger partial charge on any atom is -0.457 e. The van der Waals surface area contributed by atoms with Crippen molar-refractivity contribution in [1.29, 1.82) is 0 Å². The average Bonchev–Trinajstić information content (AvgIpc) is 3.56. The molecular formula is C26H28N2O. The Morgan fingerprint density at radius 1 is 0.690 bits per heavy atom. The molecular weight excluding hydrogens is 356 g/mol. The molecule has 5 rings (SSSR count). The van der Waals surface area contributed by atoms with Gasteiger partial charge in [-0.15, -0.1) is 0 Å². The van der Waals surface area contributed by atoms with Gasteiger partial charge < -0.3 is 9.64 Å². The van der Waals surface area contributed by atoms with E-state index in [9.17, 15) is 0 Å². The standard InChI is InChI=1S/C26H28N2O/c1-3-8-22(9-4-1)26(14-15-26)21-27-16-18-28(19-17-27)23-10-7-13-25(20-23)29-24-11-5-2-6-12-24/h1-13,20H,14-19,21H2. The molecule has 1 aliphatic heterocycles. The number of hydrogen-bond acceptors (Lipinski definition) is 3. The minimum atomic E-state index is 0.410. The first kappa shape index (κ1) is 18.3. The molecule has 3 heteroatoms. The number of piperazine rings is 1. The lowest BCUT2D eigenvalue weighted by Gasteiger charge is -2.38. The Balaban J connectivity index is 1.20. The fraction of sp³-hybridized carbons (Fsp3) is 0.308. The van der Waals surface area contributed by atoms with E-state index in [1.807, 2.05) is 36.4 Å². The van der Waals surface area contributed by atoms with Gasteiger partial charge in [-0.3, -0.25) is 4.90 Å². The summed E-state index contributed by atoms with van der Waals surface area (Å²) in [4.78, 5) is 5.14. The predicted molar refractivity (Wildman–Crippen MR) is 119 cm³/mol. The van der Waals surface area contributed by atoms with E-state index >= 15 is 0 Å². The Hall–Kier alpha value is -2.78. The van der Waals surface area contributed by atoms with E-state index < -0.39 is 0 Å². The molecule has 1 aliphatic carbocycles. The molecule has 0 bridgehead atoms. The predicted octanol–water partition coefficient (Wildman–Crippen LogP) is 5.33. The highest BCUT2D eigenvalue weighted by Crippen LogP contribution is 2.48. The van der Waals surface area contributed by atoms with Crippen LogP contribution in [0.2, 0.25) is 0 Å². The summed E-state index contributed by atoms with van der Waals surface area (Å²) in [5.74, 6) is 1.78. The summed E-state index contributed by atoms with van der Waals surface area (Å²) >= 11 is 0. The molecule has 2 fully saturated rings. The summed E-state index contributed by atoms with van der Waals surface area (Å²) in [6.45, 7) is 5.58. The van der Waals surface area contributed by atoms with E-state index in [-0.39, 0.29) is 0 Å². The summed E-state index contributed by atoms with van der Waals surface area (Å²) in [7, 11) is 0. The Morgan fingerprint density at radius 3 is 2.03 bits per heavy atom. The average molecular weight is 385 g/mol. The highest BCUT2D eigenvalue weighted by atomic mass is 16.5. The molecule has 0 atom stereocenters. The monoisotopic (exact) mass is 384 g/mol. The van der Waals surface area contributed by atoms with E-state index in [0.29, 0.717) is 5.41 Å². The number of nitrogens with zero attached hydrogens (tertiary/aromatic N) is 2. The van der Waals surface area contributed by atoms with Gasteiger partial charge in [0, 0.05) is 49.9 Å². The summed E-state index contributed by atoms with van der Waals surface area (Å²) in [5.41, 5.74) is 3.18. The van der Waals surface area contributed by atoms with E-state index in [4.69, 9.17) is 4.74 Å². The molecule has 148 valence electrons. The van der Waals surface area contributed by atoms with Crippen LogP contribution >= 0.6 is 0 Å². The van der Waals surface area contributed by atoms with Crippen molar-refractivity contribution in [3.63, 3.8) is 0 Å². The van der Waals surface area contributed by atoms with Crippen LogP contribution in [0.3, 0.4) is 0 Å². The number of anilines is 1. The zero-order valence-corrected chi connectivity index (χ0v) is 16.8. The number of hydrogen-bond donors (Lipinski definition) is 0. The number of ether oxygens (including phenoxy) is 1. The zero-order chi connectivity index (χ0) is 19.5. The lowest BCUT2D eigenvalue weighted by atomic mass is 9.95. The molecule has 1 heterocycles. The lowest BCUT2D eigenvalue weighted by molar-refractivity contribution is 0.235. The largest absolute Gasteiger partial charge is 0.457 e. The first-order valence-electron chi connectivity index (χ1n) is 10.7. The summed E-state index contributed by atoms with van der Waals surface area (Å²) < 4.78 is 6.02. The van der Waals surface area contributed by atoms with E-state index in [1.54, 1.807) is 0 Å². The van der Waals surface area contributed by atoms with Crippen molar-refractivity contribution < 1.29 is 4.74 Å². The molecule has 3 aromatic rings. The van der Waals surface area contributed by atoms with Crippen LogP contribution in [0.25, 0.3) is 0 Å². The van der Waals surface area contributed by atoms with Crippen molar-refractivity contribution in [1.82, 2.24) is 4.90 Å². The van der Waals surface area contributed by atoms with Gasteiger partial charge in [0.15, 0.2) is 0 Å². The Bertz CT molecular complexity index is 929. The molecule has 0 N–H and O–H groups in total. The Labute approximate surface area is 173 Å². The zero-order valence-electron chi connectivity index (χ0n) is 16.8. The van der Waals surface area contributed by atoms with Crippen LogP contribution in [0.1, 0.15) is 18.4 Å². The molecule has 0 amide bonds. The number of para-hydroxylation sites is 1. The summed E-state index contributed by atoms with van der Waals surface area (Å²) in [6, 6.07) is 29.6. The quantitative estimate of drug-likeness (QED) is 0.571. The second kappa shape index (κ2) is 7.92. The van der Waals surface area contributed by atoms with Gasteiger partial charge in [0.1, 0.15) is 11.5 Å². The van der Waals surface area contributed by atoms with Crippen molar-refractivity contribution in [3.05, 3.63) is 90.5 Å². The first-order chi connectivity index (χ1) is 14.3. The Kier molecular flexibility index (Phi) is 4.99. The minimum absolute atomic E-state index is 0.410. The summed E-state index contributed by atoms with van der Waals surface area (Å²) in [6.07, 6.45) is 2.66. The van der Waals surface area contributed by atoms with Gasteiger partial charge in [-0.25, -0.2) is 0 Å². The van der Waals surface area contributed by atoms with Crippen LogP contribution in [-0.4, -0.2) is 37.6 Å². The van der Waals surface area contributed by atoms with E-state index in [1.165, 1.54) is 30.6 Å². The smallest absolute Gasteiger partial charge is 0.129 e. The van der Waals surface area contributed by atoms with Crippen molar-refractivity contribution in [2.24, 2.45) is 0 Å². The van der Waals surface area contributed by atoms with Crippen molar-refractivity contribution in [3.8, 4) is 11.5 Å². The van der Waals surface area contributed by atoms with Gasteiger partial charge in [0.05, 0.1) is 0 Å². The fourth-order valence-corrected chi connectivity index (χ4v) is 4.44. The fourth-order valence-electron chi connectivity index (χ4n) is 4.44. The van der Waals surface area contributed by atoms with Gasteiger partial charge in [-0.1, -0.05) is 54.6 Å². The van der Waals surface area contributed by atoms with E-state index in [2.05, 4.69) is 58.3 Å². The Morgan fingerprint density at radius 2 is 1.34 bits per heavy atom. The van der Waals surface area contributed by atoms with Gasteiger partial charge in [-0.05, 0) is 42.7 Å². The SMILES string of the molecule is c1ccc(Oc2cccc(N3CCN(CC4(c5ccccc5)CC4)CC3)c2)cc1. The molecule has 0 radical (unpaired) electrons.